The van der Waals surface area contributed by atoms with Crippen LogP contribution in [0.1, 0.15) is 41.6 Å². The molecule has 0 saturated carbocycles. The summed E-state index contributed by atoms with van der Waals surface area (Å²) in [5, 5.41) is 0. The number of carbonyl (C=O) groups is 2. The molecule has 1 unspecified atom stereocenters. The zero-order chi connectivity index (χ0) is 15.4. The molecule has 1 aromatic carbocycles. The van der Waals surface area contributed by atoms with Gasteiger partial charge in [-0.3, -0.25) is 14.2 Å². The van der Waals surface area contributed by atoms with E-state index in [2.05, 4.69) is 4.98 Å². The van der Waals surface area contributed by atoms with Gasteiger partial charge in [-0.2, -0.15) is 0 Å². The summed E-state index contributed by atoms with van der Waals surface area (Å²) in [4.78, 5) is 27.4. The van der Waals surface area contributed by atoms with E-state index >= 15 is 0 Å². The number of aromatic nitrogens is 2. The van der Waals surface area contributed by atoms with Crippen molar-refractivity contribution in [2.24, 2.45) is 0 Å². The molecule has 0 aliphatic rings. The minimum absolute atomic E-state index is 0.314. The normalized spacial score (nSPS) is 12.0. The number of nitrogens with zero attached hydrogens (tertiary/aromatic N) is 2. The van der Waals surface area contributed by atoms with Gasteiger partial charge in [-0.05, 0) is 32.9 Å². The van der Waals surface area contributed by atoms with Gasteiger partial charge in [0.1, 0.15) is 17.4 Å². The smallest absolute Gasteiger partial charge is 0.316 e. The van der Waals surface area contributed by atoms with Gasteiger partial charge in [0.2, 0.25) is 0 Å². The molecule has 1 atom stereocenters. The Labute approximate surface area is 123 Å². The lowest BCUT2D eigenvalue weighted by Crippen LogP contribution is -2.17. The number of rotatable bonds is 5. The largest absolute Gasteiger partial charge is 0.465 e. The summed E-state index contributed by atoms with van der Waals surface area (Å²) < 4.78 is 6.72. The molecule has 0 bridgehead atoms. The Balaban J connectivity index is 2.48. The number of imidazole rings is 1. The summed E-state index contributed by atoms with van der Waals surface area (Å²) in [6.07, 6.45) is 2.20. The topological polar surface area (TPSA) is 61.2 Å². The van der Waals surface area contributed by atoms with Crippen molar-refractivity contribution < 1.29 is 14.3 Å². The number of ether oxygens (including phenoxy) is 1. The van der Waals surface area contributed by atoms with Crippen LogP contribution < -0.4 is 0 Å². The molecule has 110 valence electrons. The molecule has 0 radical (unpaired) electrons. The number of hydrogen-bond acceptors (Lipinski definition) is 4. The van der Waals surface area contributed by atoms with Crippen LogP contribution in [0, 0.1) is 6.92 Å². The van der Waals surface area contributed by atoms with Crippen LogP contribution in [-0.2, 0) is 9.53 Å². The summed E-state index contributed by atoms with van der Waals surface area (Å²) in [7, 11) is 0. The molecule has 2 rings (SSSR count). The van der Waals surface area contributed by atoms with Gasteiger partial charge in [-0.1, -0.05) is 17.7 Å². The molecule has 0 fully saturated rings. The highest BCUT2D eigenvalue weighted by molar-refractivity contribution is 5.78. The molecule has 1 heterocycles. The van der Waals surface area contributed by atoms with Crippen molar-refractivity contribution in [1.29, 1.82) is 0 Å². The molecule has 0 aliphatic heterocycles. The molecule has 5 nitrogen and oxygen atoms in total. The predicted molar refractivity (Wildman–Crippen MR) is 78.7 cm³/mol. The maximum atomic E-state index is 11.9. The van der Waals surface area contributed by atoms with Gasteiger partial charge in [-0.15, -0.1) is 0 Å². The zero-order valence-corrected chi connectivity index (χ0v) is 12.4. The number of hydrogen-bond donors (Lipinski definition) is 0. The number of benzene rings is 1. The van der Waals surface area contributed by atoms with Crippen molar-refractivity contribution in [3.63, 3.8) is 0 Å². The highest BCUT2D eigenvalue weighted by Gasteiger charge is 2.24. The summed E-state index contributed by atoms with van der Waals surface area (Å²) in [5.41, 5.74) is 2.32. The molecule has 0 amide bonds. The summed E-state index contributed by atoms with van der Waals surface area (Å²) >= 11 is 0. The molecule has 21 heavy (non-hydrogen) atoms. The van der Waals surface area contributed by atoms with Gasteiger partial charge in [0.05, 0.1) is 12.8 Å². The monoisotopic (exact) mass is 286 g/mol. The number of esters is 1. The first kappa shape index (κ1) is 15.0. The standard InChI is InChI=1S/C16H18N2O3/c1-4-21-16(20)12(3)15-17-9-14(10-19)18(15)13-7-5-11(2)6-8-13/h5-10,12H,4H2,1-3H3. The maximum absolute atomic E-state index is 11.9. The Kier molecular flexibility index (Phi) is 4.52. The van der Waals surface area contributed by atoms with E-state index in [1.165, 1.54) is 6.20 Å². The average Bonchev–Trinajstić information content (AvgIpc) is 2.91. The van der Waals surface area contributed by atoms with Gasteiger partial charge < -0.3 is 4.74 Å². The van der Waals surface area contributed by atoms with Crippen LogP contribution in [0.5, 0.6) is 0 Å². The maximum Gasteiger partial charge on any atom is 0.316 e. The third-order valence-corrected chi connectivity index (χ3v) is 3.26. The van der Waals surface area contributed by atoms with E-state index in [1.54, 1.807) is 18.4 Å². The fraction of sp³-hybridized carbons (Fsp3) is 0.312. The Morgan fingerprint density at radius 2 is 2.05 bits per heavy atom. The number of aryl methyl sites for hydroxylation is 1. The second kappa shape index (κ2) is 6.35. The molecule has 0 aliphatic carbocycles. The van der Waals surface area contributed by atoms with Crippen LogP contribution >= 0.6 is 0 Å². The van der Waals surface area contributed by atoms with Crippen LogP contribution in [0.3, 0.4) is 0 Å². The molecule has 0 spiro atoms. The van der Waals surface area contributed by atoms with E-state index < -0.39 is 5.92 Å². The van der Waals surface area contributed by atoms with Crippen molar-refractivity contribution >= 4 is 12.3 Å². The molecule has 0 N–H and O–H groups in total. The van der Waals surface area contributed by atoms with Crippen LogP contribution in [0.2, 0.25) is 0 Å². The van der Waals surface area contributed by atoms with Crippen LogP contribution in [0.25, 0.3) is 5.69 Å². The van der Waals surface area contributed by atoms with Gasteiger partial charge in [0, 0.05) is 5.69 Å². The Morgan fingerprint density at radius 3 is 2.62 bits per heavy atom. The van der Waals surface area contributed by atoms with E-state index in [4.69, 9.17) is 4.74 Å². The third kappa shape index (κ3) is 3.02. The van der Waals surface area contributed by atoms with Crippen molar-refractivity contribution in [3.8, 4) is 5.69 Å². The number of carbonyl (C=O) groups excluding carboxylic acids is 2. The molecule has 0 saturated heterocycles. The summed E-state index contributed by atoms with van der Waals surface area (Å²) in [6.45, 7) is 5.78. The van der Waals surface area contributed by atoms with Crippen LogP contribution in [0.4, 0.5) is 0 Å². The minimum atomic E-state index is -0.542. The highest BCUT2D eigenvalue weighted by atomic mass is 16.5. The Bertz CT molecular complexity index is 644. The second-order valence-corrected chi connectivity index (χ2v) is 4.80. The van der Waals surface area contributed by atoms with Gasteiger partial charge in [0.15, 0.2) is 6.29 Å². The van der Waals surface area contributed by atoms with E-state index in [1.807, 2.05) is 31.2 Å². The fourth-order valence-electron chi connectivity index (χ4n) is 2.12. The molecule has 5 heteroatoms. The van der Waals surface area contributed by atoms with Crippen molar-refractivity contribution in [1.82, 2.24) is 9.55 Å². The van der Waals surface area contributed by atoms with E-state index in [0.29, 0.717) is 18.1 Å². The van der Waals surface area contributed by atoms with Gasteiger partial charge in [-0.25, -0.2) is 4.98 Å². The number of aldehydes is 1. The van der Waals surface area contributed by atoms with Gasteiger partial charge >= 0.3 is 5.97 Å². The quantitative estimate of drug-likeness (QED) is 0.626. The lowest BCUT2D eigenvalue weighted by molar-refractivity contribution is -0.144. The second-order valence-electron chi connectivity index (χ2n) is 4.80. The first-order valence-corrected chi connectivity index (χ1v) is 6.85. The average molecular weight is 286 g/mol. The van der Waals surface area contributed by atoms with Crippen molar-refractivity contribution in [3.05, 3.63) is 47.5 Å². The highest BCUT2D eigenvalue weighted by Crippen LogP contribution is 2.22. The van der Waals surface area contributed by atoms with E-state index in [9.17, 15) is 9.59 Å². The van der Waals surface area contributed by atoms with Crippen LogP contribution in [0.15, 0.2) is 30.5 Å². The first-order valence-electron chi connectivity index (χ1n) is 6.85. The van der Waals surface area contributed by atoms with Crippen molar-refractivity contribution in [2.45, 2.75) is 26.7 Å². The summed E-state index contributed by atoms with van der Waals surface area (Å²) in [5.74, 6) is -0.395. The Morgan fingerprint density at radius 1 is 1.38 bits per heavy atom. The molecule has 1 aromatic heterocycles. The third-order valence-electron chi connectivity index (χ3n) is 3.26. The zero-order valence-electron chi connectivity index (χ0n) is 12.4. The SMILES string of the molecule is CCOC(=O)C(C)c1ncc(C=O)n1-c1ccc(C)cc1. The van der Waals surface area contributed by atoms with Crippen LogP contribution in [-0.4, -0.2) is 28.4 Å². The predicted octanol–water partition coefficient (Wildman–Crippen LogP) is 2.66. The summed E-state index contributed by atoms with van der Waals surface area (Å²) in [6, 6.07) is 7.68. The minimum Gasteiger partial charge on any atom is -0.465 e. The van der Waals surface area contributed by atoms with E-state index in [-0.39, 0.29) is 5.97 Å². The van der Waals surface area contributed by atoms with Gasteiger partial charge in [0.25, 0.3) is 0 Å². The lowest BCUT2D eigenvalue weighted by Gasteiger charge is -2.14. The Hall–Kier alpha value is -2.43. The fourth-order valence-corrected chi connectivity index (χ4v) is 2.12. The van der Waals surface area contributed by atoms with E-state index in [0.717, 1.165) is 17.5 Å². The van der Waals surface area contributed by atoms with Crippen molar-refractivity contribution in [2.75, 3.05) is 6.61 Å². The lowest BCUT2D eigenvalue weighted by atomic mass is 10.1. The first-order chi connectivity index (χ1) is 10.1. The molecular weight excluding hydrogens is 268 g/mol. The molecular formula is C16H18N2O3. The molecule has 2 aromatic rings.